The smallest absolute Gasteiger partial charge is 0.261 e. The number of nitrogens with zero attached hydrogens (tertiary/aromatic N) is 2. The Morgan fingerprint density at radius 1 is 0.903 bits per heavy atom. The lowest BCUT2D eigenvalue weighted by atomic mass is 10.2. The second-order valence-electron chi connectivity index (χ2n) is 6.60. The standard InChI is InChI=1S/C22H17ClN4O3S/c23-17-6-2-8-19(14-17)26-31(29,30)21-10-1-5-16(13-21)22(28)25-18-7-3-9-20(15-18)27-12-4-11-24-27/h1-15,26H,(H,25,28). The van der Waals surface area contributed by atoms with E-state index in [1.54, 1.807) is 65.6 Å². The van der Waals surface area contributed by atoms with Crippen LogP contribution in [0.3, 0.4) is 0 Å². The van der Waals surface area contributed by atoms with E-state index in [0.29, 0.717) is 16.4 Å². The van der Waals surface area contributed by atoms with Crippen LogP contribution in [0.25, 0.3) is 5.69 Å². The summed E-state index contributed by atoms with van der Waals surface area (Å²) >= 11 is 5.91. The van der Waals surface area contributed by atoms with Gasteiger partial charge in [0.1, 0.15) is 0 Å². The number of nitrogens with one attached hydrogen (secondary N) is 2. The van der Waals surface area contributed by atoms with Crippen molar-refractivity contribution >= 4 is 38.9 Å². The van der Waals surface area contributed by atoms with Crippen molar-refractivity contribution in [1.29, 1.82) is 0 Å². The van der Waals surface area contributed by atoms with Gasteiger partial charge in [-0.3, -0.25) is 9.52 Å². The summed E-state index contributed by atoms with van der Waals surface area (Å²) < 4.78 is 29.6. The molecule has 0 saturated heterocycles. The van der Waals surface area contributed by atoms with Gasteiger partial charge in [-0.1, -0.05) is 29.8 Å². The van der Waals surface area contributed by atoms with E-state index in [1.165, 1.54) is 24.3 Å². The summed E-state index contributed by atoms with van der Waals surface area (Å²) in [6.07, 6.45) is 3.46. The van der Waals surface area contributed by atoms with Crippen LogP contribution in [0.4, 0.5) is 11.4 Å². The van der Waals surface area contributed by atoms with Crippen molar-refractivity contribution in [2.24, 2.45) is 0 Å². The Balaban J connectivity index is 1.54. The van der Waals surface area contributed by atoms with Gasteiger partial charge in [-0.05, 0) is 60.7 Å². The molecule has 0 aliphatic carbocycles. The molecule has 0 bridgehead atoms. The van der Waals surface area contributed by atoms with Gasteiger partial charge in [-0.2, -0.15) is 5.10 Å². The largest absolute Gasteiger partial charge is 0.322 e. The van der Waals surface area contributed by atoms with Crippen molar-refractivity contribution in [3.63, 3.8) is 0 Å². The molecule has 0 spiro atoms. The third kappa shape index (κ3) is 4.93. The topological polar surface area (TPSA) is 93.1 Å². The normalized spacial score (nSPS) is 11.1. The highest BCUT2D eigenvalue weighted by molar-refractivity contribution is 7.92. The summed E-state index contributed by atoms with van der Waals surface area (Å²) in [5.74, 6) is -0.433. The molecule has 0 radical (unpaired) electrons. The Morgan fingerprint density at radius 2 is 1.68 bits per heavy atom. The summed E-state index contributed by atoms with van der Waals surface area (Å²) in [5.41, 5.74) is 1.88. The van der Waals surface area contributed by atoms with E-state index >= 15 is 0 Å². The Kier molecular flexibility index (Phi) is 5.75. The fraction of sp³-hybridized carbons (Fsp3) is 0. The molecule has 31 heavy (non-hydrogen) atoms. The van der Waals surface area contributed by atoms with Crippen molar-refractivity contribution in [3.8, 4) is 5.69 Å². The van der Waals surface area contributed by atoms with E-state index in [9.17, 15) is 13.2 Å². The van der Waals surface area contributed by atoms with E-state index in [0.717, 1.165) is 5.69 Å². The summed E-state index contributed by atoms with van der Waals surface area (Å²) in [4.78, 5) is 12.7. The highest BCUT2D eigenvalue weighted by atomic mass is 35.5. The molecule has 1 heterocycles. The maximum atomic E-state index is 12.7. The molecule has 0 unspecified atom stereocenters. The number of halogens is 1. The Morgan fingerprint density at radius 3 is 2.45 bits per heavy atom. The first kappa shape index (κ1) is 20.6. The maximum absolute atomic E-state index is 12.7. The van der Waals surface area contributed by atoms with Gasteiger partial charge in [-0.15, -0.1) is 0 Å². The highest BCUT2D eigenvalue weighted by Crippen LogP contribution is 2.21. The molecule has 7 nitrogen and oxygen atoms in total. The summed E-state index contributed by atoms with van der Waals surface area (Å²) in [6, 6.07) is 21.1. The predicted octanol–water partition coefficient (Wildman–Crippen LogP) is 4.58. The van der Waals surface area contributed by atoms with Crippen LogP contribution < -0.4 is 10.0 Å². The molecule has 1 amide bonds. The van der Waals surface area contributed by atoms with E-state index in [-0.39, 0.29) is 10.5 Å². The fourth-order valence-corrected chi connectivity index (χ4v) is 4.21. The lowest BCUT2D eigenvalue weighted by molar-refractivity contribution is 0.102. The van der Waals surface area contributed by atoms with E-state index in [4.69, 9.17) is 11.6 Å². The number of hydrogen-bond acceptors (Lipinski definition) is 4. The number of benzene rings is 3. The van der Waals surface area contributed by atoms with Gasteiger partial charge in [-0.25, -0.2) is 13.1 Å². The molecule has 0 aliphatic rings. The molecular weight excluding hydrogens is 436 g/mol. The van der Waals surface area contributed by atoms with Gasteiger partial charge in [0, 0.05) is 28.7 Å². The molecule has 0 aliphatic heterocycles. The third-order valence-corrected chi connectivity index (χ3v) is 5.97. The average Bonchev–Trinajstić information content (AvgIpc) is 3.29. The third-order valence-electron chi connectivity index (χ3n) is 4.36. The first-order valence-corrected chi connectivity index (χ1v) is 11.1. The molecule has 4 rings (SSSR count). The molecule has 156 valence electrons. The molecule has 4 aromatic rings. The molecule has 3 aromatic carbocycles. The van der Waals surface area contributed by atoms with Gasteiger partial charge in [0.05, 0.1) is 16.3 Å². The number of aromatic nitrogens is 2. The number of rotatable bonds is 6. The predicted molar refractivity (Wildman–Crippen MR) is 120 cm³/mol. The minimum absolute atomic E-state index is 0.0367. The van der Waals surface area contributed by atoms with E-state index < -0.39 is 15.9 Å². The van der Waals surface area contributed by atoms with Crippen LogP contribution in [0.15, 0.2) is 96.2 Å². The van der Waals surface area contributed by atoms with Gasteiger partial charge < -0.3 is 5.32 Å². The van der Waals surface area contributed by atoms with Gasteiger partial charge in [0.15, 0.2) is 0 Å². The van der Waals surface area contributed by atoms with Crippen LogP contribution >= 0.6 is 11.6 Å². The fourth-order valence-electron chi connectivity index (χ4n) is 2.92. The molecule has 0 fully saturated rings. The van der Waals surface area contributed by atoms with Crippen molar-refractivity contribution in [3.05, 3.63) is 102 Å². The van der Waals surface area contributed by atoms with Crippen LogP contribution in [-0.2, 0) is 10.0 Å². The van der Waals surface area contributed by atoms with Crippen molar-refractivity contribution in [2.75, 3.05) is 10.0 Å². The van der Waals surface area contributed by atoms with E-state index in [1.807, 2.05) is 6.07 Å². The number of hydrogen-bond donors (Lipinski definition) is 2. The maximum Gasteiger partial charge on any atom is 0.261 e. The number of carbonyl (C=O) groups excluding carboxylic acids is 1. The van der Waals surface area contributed by atoms with Crippen molar-refractivity contribution < 1.29 is 13.2 Å². The van der Waals surface area contributed by atoms with Crippen molar-refractivity contribution in [2.45, 2.75) is 4.90 Å². The molecule has 0 atom stereocenters. The molecule has 1 aromatic heterocycles. The Hall–Kier alpha value is -3.62. The lowest BCUT2D eigenvalue weighted by Gasteiger charge is -2.11. The SMILES string of the molecule is O=C(Nc1cccc(-n2cccn2)c1)c1cccc(S(=O)(=O)Nc2cccc(Cl)c2)c1. The van der Waals surface area contributed by atoms with Gasteiger partial charge in [0.2, 0.25) is 0 Å². The number of carbonyl (C=O) groups is 1. The zero-order valence-electron chi connectivity index (χ0n) is 16.1. The van der Waals surface area contributed by atoms with Crippen LogP contribution in [-0.4, -0.2) is 24.1 Å². The second kappa shape index (κ2) is 8.63. The summed E-state index contributed by atoms with van der Waals surface area (Å²) in [7, 11) is -3.90. The lowest BCUT2D eigenvalue weighted by Crippen LogP contribution is -2.16. The van der Waals surface area contributed by atoms with Crippen LogP contribution in [0.1, 0.15) is 10.4 Å². The van der Waals surface area contributed by atoms with Crippen LogP contribution in [0.2, 0.25) is 5.02 Å². The first-order valence-electron chi connectivity index (χ1n) is 9.21. The monoisotopic (exact) mass is 452 g/mol. The number of sulfonamides is 1. The minimum Gasteiger partial charge on any atom is -0.322 e. The summed E-state index contributed by atoms with van der Waals surface area (Å²) in [5, 5.41) is 7.36. The zero-order valence-corrected chi connectivity index (χ0v) is 17.6. The van der Waals surface area contributed by atoms with Crippen LogP contribution in [0, 0.1) is 0 Å². The summed E-state index contributed by atoms with van der Waals surface area (Å²) in [6.45, 7) is 0. The number of anilines is 2. The Labute approximate surface area is 184 Å². The van der Waals surface area contributed by atoms with E-state index in [2.05, 4.69) is 15.1 Å². The first-order chi connectivity index (χ1) is 14.9. The van der Waals surface area contributed by atoms with Crippen molar-refractivity contribution in [1.82, 2.24) is 9.78 Å². The molecule has 2 N–H and O–H groups in total. The average molecular weight is 453 g/mol. The Bertz CT molecular complexity index is 1340. The van der Waals surface area contributed by atoms with Crippen LogP contribution in [0.5, 0.6) is 0 Å². The van der Waals surface area contributed by atoms with Gasteiger partial charge in [0.25, 0.3) is 15.9 Å². The molecular formula is C22H17ClN4O3S. The highest BCUT2D eigenvalue weighted by Gasteiger charge is 2.17. The van der Waals surface area contributed by atoms with Gasteiger partial charge >= 0.3 is 0 Å². The zero-order chi connectivity index (χ0) is 21.8. The second-order valence-corrected chi connectivity index (χ2v) is 8.72. The quantitative estimate of drug-likeness (QED) is 0.448. The molecule has 0 saturated carbocycles. The minimum atomic E-state index is -3.90. The number of amides is 1. The molecule has 9 heteroatoms.